The van der Waals surface area contributed by atoms with E-state index in [2.05, 4.69) is 4.98 Å². The number of halogens is 2. The number of nitriles is 1. The summed E-state index contributed by atoms with van der Waals surface area (Å²) in [6, 6.07) is 5.40. The van der Waals surface area contributed by atoms with Gasteiger partial charge in [-0.25, -0.2) is 0 Å². The SMILES string of the molecule is C[C@H](N)c1ccc(C#N)cn1.Cl.Cl. The highest BCUT2D eigenvalue weighted by Gasteiger charge is 1.98. The molecule has 72 valence electrons. The summed E-state index contributed by atoms with van der Waals surface area (Å²) >= 11 is 0. The van der Waals surface area contributed by atoms with E-state index < -0.39 is 0 Å². The molecule has 1 aromatic rings. The molecule has 1 atom stereocenters. The molecule has 0 saturated carbocycles. The van der Waals surface area contributed by atoms with Gasteiger partial charge >= 0.3 is 0 Å². The van der Waals surface area contributed by atoms with Crippen LogP contribution in [0.5, 0.6) is 0 Å². The second kappa shape index (κ2) is 6.67. The molecule has 2 N–H and O–H groups in total. The first-order valence-electron chi connectivity index (χ1n) is 3.35. The fraction of sp³-hybridized carbons (Fsp3) is 0.250. The molecule has 0 saturated heterocycles. The average Bonchev–Trinajstić information content (AvgIpc) is 2.05. The Morgan fingerprint density at radius 2 is 2.08 bits per heavy atom. The quantitative estimate of drug-likeness (QED) is 0.784. The number of rotatable bonds is 1. The van der Waals surface area contributed by atoms with Crippen LogP contribution in [0.4, 0.5) is 0 Å². The van der Waals surface area contributed by atoms with Gasteiger partial charge in [-0.1, -0.05) is 0 Å². The maximum atomic E-state index is 8.45. The summed E-state index contributed by atoms with van der Waals surface area (Å²) in [6.45, 7) is 1.86. The van der Waals surface area contributed by atoms with E-state index in [9.17, 15) is 0 Å². The molecule has 0 aromatic carbocycles. The van der Waals surface area contributed by atoms with Crippen molar-refractivity contribution in [1.29, 1.82) is 5.26 Å². The second-order valence-corrected chi connectivity index (χ2v) is 2.37. The van der Waals surface area contributed by atoms with Crippen LogP contribution in [0.15, 0.2) is 18.3 Å². The number of pyridine rings is 1. The summed E-state index contributed by atoms with van der Waals surface area (Å²) in [5.41, 5.74) is 6.93. The van der Waals surface area contributed by atoms with E-state index in [0.717, 1.165) is 5.69 Å². The molecule has 0 aliphatic heterocycles. The number of aromatic nitrogens is 1. The smallest absolute Gasteiger partial charge is 0.101 e. The highest BCUT2D eigenvalue weighted by Crippen LogP contribution is 2.05. The Labute approximate surface area is 89.8 Å². The largest absolute Gasteiger partial charge is 0.323 e. The standard InChI is InChI=1S/C8H9N3.2ClH/c1-6(10)8-3-2-7(4-9)5-11-8;;/h2-3,5-6H,10H2,1H3;2*1H/t6-;;/m0../s1. The Morgan fingerprint density at radius 1 is 1.46 bits per heavy atom. The lowest BCUT2D eigenvalue weighted by Crippen LogP contribution is -2.06. The summed E-state index contributed by atoms with van der Waals surface area (Å²) in [7, 11) is 0. The fourth-order valence-corrected chi connectivity index (χ4v) is 0.741. The van der Waals surface area contributed by atoms with Crippen LogP contribution in [0.25, 0.3) is 0 Å². The average molecular weight is 220 g/mol. The maximum absolute atomic E-state index is 8.45. The molecule has 3 nitrogen and oxygen atoms in total. The minimum Gasteiger partial charge on any atom is -0.323 e. The second-order valence-electron chi connectivity index (χ2n) is 2.37. The third-order valence-corrected chi connectivity index (χ3v) is 1.38. The minimum absolute atomic E-state index is 0. The van der Waals surface area contributed by atoms with Crippen LogP contribution in [-0.2, 0) is 0 Å². The van der Waals surface area contributed by atoms with Crippen molar-refractivity contribution in [1.82, 2.24) is 4.98 Å². The summed E-state index contributed by atoms with van der Waals surface area (Å²) in [5, 5.41) is 8.45. The molecule has 0 fully saturated rings. The van der Waals surface area contributed by atoms with Crippen molar-refractivity contribution < 1.29 is 0 Å². The summed E-state index contributed by atoms with van der Waals surface area (Å²) < 4.78 is 0. The predicted molar refractivity (Wildman–Crippen MR) is 56.1 cm³/mol. The van der Waals surface area contributed by atoms with Gasteiger partial charge in [-0.2, -0.15) is 5.26 Å². The van der Waals surface area contributed by atoms with Crippen LogP contribution >= 0.6 is 24.8 Å². The summed E-state index contributed by atoms with van der Waals surface area (Å²) in [5.74, 6) is 0. The van der Waals surface area contributed by atoms with Crippen LogP contribution in [0.2, 0.25) is 0 Å². The van der Waals surface area contributed by atoms with Crippen molar-refractivity contribution in [3.63, 3.8) is 0 Å². The monoisotopic (exact) mass is 219 g/mol. The van der Waals surface area contributed by atoms with E-state index in [0.29, 0.717) is 5.56 Å². The van der Waals surface area contributed by atoms with E-state index in [1.165, 1.54) is 6.20 Å². The molecule has 0 radical (unpaired) electrons. The molecule has 0 amide bonds. The van der Waals surface area contributed by atoms with Crippen molar-refractivity contribution in [2.24, 2.45) is 5.73 Å². The Balaban J connectivity index is 0. The third kappa shape index (κ3) is 4.09. The number of nitrogens with two attached hydrogens (primary N) is 1. The van der Waals surface area contributed by atoms with Gasteiger partial charge in [0.15, 0.2) is 0 Å². The lowest BCUT2D eigenvalue weighted by atomic mass is 10.2. The Kier molecular flexibility index (Phi) is 7.54. The zero-order chi connectivity index (χ0) is 8.27. The molecule has 1 aromatic heterocycles. The van der Waals surface area contributed by atoms with Gasteiger partial charge in [0, 0.05) is 12.2 Å². The molecule has 1 rings (SSSR count). The molecule has 0 aliphatic rings. The van der Waals surface area contributed by atoms with Crippen LogP contribution in [0.1, 0.15) is 24.2 Å². The van der Waals surface area contributed by atoms with Crippen molar-refractivity contribution >= 4 is 24.8 Å². The zero-order valence-corrected chi connectivity index (χ0v) is 8.73. The van der Waals surface area contributed by atoms with E-state index in [1.807, 2.05) is 13.0 Å². The molecule has 0 unspecified atom stereocenters. The van der Waals surface area contributed by atoms with E-state index in [-0.39, 0.29) is 30.9 Å². The molecule has 5 heteroatoms. The topological polar surface area (TPSA) is 62.7 Å². The van der Waals surface area contributed by atoms with Crippen molar-refractivity contribution in [2.45, 2.75) is 13.0 Å². The van der Waals surface area contributed by atoms with Gasteiger partial charge in [0.2, 0.25) is 0 Å². The lowest BCUT2D eigenvalue weighted by molar-refractivity contribution is 0.780. The van der Waals surface area contributed by atoms with Crippen LogP contribution in [0, 0.1) is 11.3 Å². The van der Waals surface area contributed by atoms with Crippen molar-refractivity contribution in [3.05, 3.63) is 29.6 Å². The normalized spacial score (nSPS) is 10.2. The van der Waals surface area contributed by atoms with Gasteiger partial charge in [0.05, 0.1) is 11.3 Å². The molecule has 0 aliphatic carbocycles. The minimum atomic E-state index is -0.0669. The molecular formula is C8H11Cl2N3. The predicted octanol–water partition coefficient (Wildman–Crippen LogP) is 1.82. The van der Waals surface area contributed by atoms with E-state index in [1.54, 1.807) is 12.1 Å². The Hall–Kier alpha value is -0.820. The van der Waals surface area contributed by atoms with E-state index in [4.69, 9.17) is 11.0 Å². The van der Waals surface area contributed by atoms with Crippen LogP contribution in [-0.4, -0.2) is 4.98 Å². The lowest BCUT2D eigenvalue weighted by Gasteiger charge is -2.01. The summed E-state index contributed by atoms with van der Waals surface area (Å²) in [4.78, 5) is 4.00. The molecule has 13 heavy (non-hydrogen) atoms. The third-order valence-electron chi connectivity index (χ3n) is 1.38. The zero-order valence-electron chi connectivity index (χ0n) is 7.10. The van der Waals surface area contributed by atoms with Gasteiger partial charge in [0.25, 0.3) is 0 Å². The Morgan fingerprint density at radius 3 is 2.38 bits per heavy atom. The molecule has 0 spiro atoms. The van der Waals surface area contributed by atoms with Gasteiger partial charge in [-0.15, -0.1) is 24.8 Å². The highest BCUT2D eigenvalue weighted by molar-refractivity contribution is 5.85. The first-order valence-corrected chi connectivity index (χ1v) is 3.35. The van der Waals surface area contributed by atoms with Crippen molar-refractivity contribution in [2.75, 3.05) is 0 Å². The Bertz CT molecular complexity index is 276. The highest BCUT2D eigenvalue weighted by atomic mass is 35.5. The molecule has 1 heterocycles. The number of nitrogens with zero attached hydrogens (tertiary/aromatic N) is 2. The van der Waals surface area contributed by atoms with Gasteiger partial charge in [0.1, 0.15) is 6.07 Å². The van der Waals surface area contributed by atoms with Gasteiger partial charge in [-0.05, 0) is 19.1 Å². The molecular weight excluding hydrogens is 209 g/mol. The van der Waals surface area contributed by atoms with E-state index >= 15 is 0 Å². The maximum Gasteiger partial charge on any atom is 0.101 e. The molecule has 0 bridgehead atoms. The number of hydrogen-bond donors (Lipinski definition) is 1. The first kappa shape index (κ1) is 14.7. The number of hydrogen-bond acceptors (Lipinski definition) is 3. The van der Waals surface area contributed by atoms with Crippen molar-refractivity contribution in [3.8, 4) is 6.07 Å². The van der Waals surface area contributed by atoms with Gasteiger partial charge in [-0.3, -0.25) is 4.98 Å². The van der Waals surface area contributed by atoms with Crippen LogP contribution in [0.3, 0.4) is 0 Å². The van der Waals surface area contributed by atoms with Crippen LogP contribution < -0.4 is 5.73 Å². The first-order chi connectivity index (χ1) is 5.24. The summed E-state index contributed by atoms with van der Waals surface area (Å²) in [6.07, 6.45) is 1.53. The van der Waals surface area contributed by atoms with Gasteiger partial charge < -0.3 is 5.73 Å². The fourth-order valence-electron chi connectivity index (χ4n) is 0.741.